The molecule has 88 valence electrons. The van der Waals surface area contributed by atoms with Gasteiger partial charge in [0.05, 0.1) is 11.7 Å². The standard InChI is InChI=1S/C11H17BrN4/c1-13-9(8-6-4-3-5-7(6)8)10-11(12)14-15-16(10)2/h6-9,13H,3-5H2,1-2H3. The molecule has 16 heavy (non-hydrogen) atoms. The van der Waals surface area contributed by atoms with Gasteiger partial charge in [0, 0.05) is 7.05 Å². The number of rotatable bonds is 3. The molecule has 4 nitrogen and oxygen atoms in total. The zero-order valence-electron chi connectivity index (χ0n) is 9.65. The average Bonchev–Trinajstić information content (AvgIpc) is 2.63. The summed E-state index contributed by atoms with van der Waals surface area (Å²) in [5.74, 6) is 2.69. The maximum absolute atomic E-state index is 4.08. The van der Waals surface area contributed by atoms with E-state index in [0.29, 0.717) is 6.04 Å². The van der Waals surface area contributed by atoms with Crippen LogP contribution in [0.2, 0.25) is 0 Å². The number of fused-ring (bicyclic) bond motifs is 1. The Hall–Kier alpha value is -0.420. The molecule has 1 N–H and O–H groups in total. The van der Waals surface area contributed by atoms with E-state index in [1.807, 2.05) is 18.8 Å². The summed E-state index contributed by atoms with van der Waals surface area (Å²) in [5.41, 5.74) is 1.20. The number of hydrogen-bond donors (Lipinski definition) is 1. The summed E-state index contributed by atoms with van der Waals surface area (Å²) < 4.78 is 2.78. The van der Waals surface area contributed by atoms with Crippen molar-refractivity contribution in [2.24, 2.45) is 24.8 Å². The molecule has 2 fully saturated rings. The lowest BCUT2D eigenvalue weighted by atomic mass is 10.0. The fourth-order valence-electron chi connectivity index (χ4n) is 3.55. The van der Waals surface area contributed by atoms with E-state index in [1.165, 1.54) is 25.0 Å². The molecule has 3 unspecified atom stereocenters. The minimum absolute atomic E-state index is 0.407. The fourth-order valence-corrected chi connectivity index (χ4v) is 4.13. The van der Waals surface area contributed by atoms with Crippen LogP contribution in [0.1, 0.15) is 31.0 Å². The van der Waals surface area contributed by atoms with Gasteiger partial charge < -0.3 is 5.32 Å². The van der Waals surface area contributed by atoms with Gasteiger partial charge in [0.1, 0.15) is 0 Å². The summed E-state index contributed by atoms with van der Waals surface area (Å²) in [6, 6.07) is 0.407. The smallest absolute Gasteiger partial charge is 0.153 e. The van der Waals surface area contributed by atoms with Crippen LogP contribution in [0.3, 0.4) is 0 Å². The van der Waals surface area contributed by atoms with Gasteiger partial charge in [-0.05, 0) is 53.6 Å². The van der Waals surface area contributed by atoms with Gasteiger partial charge in [-0.2, -0.15) is 0 Å². The Balaban J connectivity index is 1.87. The Labute approximate surface area is 104 Å². The maximum Gasteiger partial charge on any atom is 0.153 e. The van der Waals surface area contributed by atoms with Gasteiger partial charge in [-0.1, -0.05) is 11.6 Å². The summed E-state index contributed by atoms with van der Waals surface area (Å²) in [6.45, 7) is 0. The van der Waals surface area contributed by atoms with Crippen molar-refractivity contribution in [1.29, 1.82) is 0 Å². The number of nitrogens with one attached hydrogen (secondary N) is 1. The molecule has 0 aliphatic heterocycles. The van der Waals surface area contributed by atoms with Crippen molar-refractivity contribution < 1.29 is 0 Å². The molecule has 2 aliphatic carbocycles. The highest BCUT2D eigenvalue weighted by molar-refractivity contribution is 9.10. The van der Waals surface area contributed by atoms with Crippen molar-refractivity contribution >= 4 is 15.9 Å². The molecule has 0 radical (unpaired) electrons. The SMILES string of the molecule is CNC(c1c(Br)nnn1C)C1C2CCCC21. The van der Waals surface area contributed by atoms with Crippen LogP contribution in [0.25, 0.3) is 0 Å². The van der Waals surface area contributed by atoms with E-state index in [2.05, 4.69) is 31.6 Å². The monoisotopic (exact) mass is 284 g/mol. The van der Waals surface area contributed by atoms with E-state index in [1.54, 1.807) is 0 Å². The Morgan fingerprint density at radius 3 is 2.62 bits per heavy atom. The quantitative estimate of drug-likeness (QED) is 0.922. The molecule has 2 saturated carbocycles. The Morgan fingerprint density at radius 2 is 2.12 bits per heavy atom. The number of aromatic nitrogens is 3. The summed E-state index contributed by atoms with van der Waals surface area (Å²) in [5, 5.41) is 11.6. The van der Waals surface area contributed by atoms with E-state index in [-0.39, 0.29) is 0 Å². The molecule has 0 saturated heterocycles. The first-order valence-corrected chi connectivity index (χ1v) is 6.75. The third-order valence-corrected chi connectivity index (χ3v) is 4.85. The van der Waals surface area contributed by atoms with Crippen molar-refractivity contribution in [3.63, 3.8) is 0 Å². The van der Waals surface area contributed by atoms with E-state index in [4.69, 9.17) is 0 Å². The fraction of sp³-hybridized carbons (Fsp3) is 0.818. The molecular weight excluding hydrogens is 268 g/mol. The van der Waals surface area contributed by atoms with Crippen LogP contribution < -0.4 is 5.32 Å². The summed E-state index contributed by atoms with van der Waals surface area (Å²) in [4.78, 5) is 0. The van der Waals surface area contributed by atoms with Gasteiger partial charge in [-0.3, -0.25) is 0 Å². The minimum atomic E-state index is 0.407. The predicted octanol–water partition coefficient (Wildman–Crippen LogP) is 1.88. The van der Waals surface area contributed by atoms with Crippen molar-refractivity contribution in [3.05, 3.63) is 10.3 Å². The van der Waals surface area contributed by atoms with Gasteiger partial charge in [0.15, 0.2) is 4.60 Å². The molecule has 2 aliphatic rings. The second-order valence-electron chi connectivity index (χ2n) is 4.99. The topological polar surface area (TPSA) is 42.7 Å². The molecule has 3 atom stereocenters. The lowest BCUT2D eigenvalue weighted by Gasteiger charge is -2.18. The molecule has 0 spiro atoms. The summed E-state index contributed by atoms with van der Waals surface area (Å²) in [6.07, 6.45) is 4.25. The number of nitrogens with zero attached hydrogens (tertiary/aromatic N) is 3. The molecule has 1 aromatic rings. The largest absolute Gasteiger partial charge is 0.311 e. The van der Waals surface area contributed by atoms with Gasteiger partial charge in [0.2, 0.25) is 0 Å². The number of aryl methyl sites for hydroxylation is 1. The zero-order valence-corrected chi connectivity index (χ0v) is 11.2. The molecule has 5 heteroatoms. The Bertz CT molecular complexity index is 373. The number of halogens is 1. The third-order valence-electron chi connectivity index (χ3n) is 4.29. The second-order valence-corrected chi connectivity index (χ2v) is 5.74. The van der Waals surface area contributed by atoms with Crippen LogP contribution in [-0.4, -0.2) is 22.0 Å². The van der Waals surface area contributed by atoms with E-state index in [0.717, 1.165) is 22.4 Å². The lowest BCUT2D eigenvalue weighted by Crippen LogP contribution is -2.23. The highest BCUT2D eigenvalue weighted by Gasteiger charge is 2.56. The first-order valence-electron chi connectivity index (χ1n) is 5.96. The van der Waals surface area contributed by atoms with Gasteiger partial charge in [-0.25, -0.2) is 4.68 Å². The van der Waals surface area contributed by atoms with E-state index >= 15 is 0 Å². The molecule has 0 amide bonds. The van der Waals surface area contributed by atoms with Gasteiger partial charge in [-0.15, -0.1) is 5.10 Å². The molecular formula is C11H17BrN4. The average molecular weight is 285 g/mol. The second kappa shape index (κ2) is 3.81. The number of hydrogen-bond acceptors (Lipinski definition) is 3. The first-order chi connectivity index (χ1) is 7.74. The van der Waals surface area contributed by atoms with E-state index < -0.39 is 0 Å². The predicted molar refractivity (Wildman–Crippen MR) is 64.8 cm³/mol. The van der Waals surface area contributed by atoms with Crippen molar-refractivity contribution in [1.82, 2.24) is 20.3 Å². The molecule has 0 bridgehead atoms. The first kappa shape index (κ1) is 10.7. The minimum Gasteiger partial charge on any atom is -0.311 e. The highest BCUT2D eigenvalue weighted by atomic mass is 79.9. The third kappa shape index (κ3) is 1.44. The van der Waals surface area contributed by atoms with Crippen molar-refractivity contribution in [2.75, 3.05) is 7.05 Å². The molecule has 0 aromatic carbocycles. The van der Waals surface area contributed by atoms with Crippen LogP contribution in [0.5, 0.6) is 0 Å². The Kier molecular flexibility index (Phi) is 2.55. The maximum atomic E-state index is 4.08. The highest BCUT2D eigenvalue weighted by Crippen LogP contribution is 2.62. The molecule has 3 rings (SSSR count). The van der Waals surface area contributed by atoms with Crippen LogP contribution >= 0.6 is 15.9 Å². The van der Waals surface area contributed by atoms with Crippen molar-refractivity contribution in [3.8, 4) is 0 Å². The summed E-state index contributed by atoms with van der Waals surface area (Å²) >= 11 is 3.50. The lowest BCUT2D eigenvalue weighted by molar-refractivity contribution is 0.420. The van der Waals surface area contributed by atoms with Crippen LogP contribution in [-0.2, 0) is 7.05 Å². The van der Waals surface area contributed by atoms with Crippen LogP contribution in [0.4, 0.5) is 0 Å². The van der Waals surface area contributed by atoms with Gasteiger partial charge >= 0.3 is 0 Å². The zero-order chi connectivity index (χ0) is 11.3. The summed E-state index contributed by atoms with van der Waals surface area (Å²) in [7, 11) is 4.01. The van der Waals surface area contributed by atoms with Crippen LogP contribution in [0, 0.1) is 17.8 Å². The van der Waals surface area contributed by atoms with Crippen molar-refractivity contribution in [2.45, 2.75) is 25.3 Å². The molecule has 1 aromatic heterocycles. The van der Waals surface area contributed by atoms with Crippen LogP contribution in [0.15, 0.2) is 4.60 Å². The van der Waals surface area contributed by atoms with E-state index in [9.17, 15) is 0 Å². The van der Waals surface area contributed by atoms with Gasteiger partial charge in [0.25, 0.3) is 0 Å². The Morgan fingerprint density at radius 1 is 1.44 bits per heavy atom. The molecule has 1 heterocycles. The normalized spacial score (nSPS) is 33.8.